The number of benzene rings is 2. The van der Waals surface area contributed by atoms with E-state index in [4.69, 9.17) is 32.7 Å². The molecule has 1 atom stereocenters. The molecule has 4 rings (SSSR count). The molecule has 2 heterocycles. The Morgan fingerprint density at radius 3 is 2.57 bits per heavy atom. The lowest BCUT2D eigenvalue weighted by atomic mass is 10.1. The molecule has 0 bridgehead atoms. The summed E-state index contributed by atoms with van der Waals surface area (Å²) >= 11 is 12.3. The third-order valence-corrected chi connectivity index (χ3v) is 5.34. The number of amides is 2. The van der Waals surface area contributed by atoms with Gasteiger partial charge in [-0.3, -0.25) is 9.59 Å². The fraction of sp³-hybridized carbons (Fsp3) is 0.300. The zero-order valence-electron chi connectivity index (χ0n) is 14.9. The van der Waals surface area contributed by atoms with Gasteiger partial charge in [-0.15, -0.1) is 0 Å². The minimum atomic E-state index is -0.796. The predicted molar refractivity (Wildman–Crippen MR) is 106 cm³/mol. The Labute approximate surface area is 172 Å². The van der Waals surface area contributed by atoms with Crippen LogP contribution in [0.3, 0.4) is 0 Å². The fourth-order valence-electron chi connectivity index (χ4n) is 3.35. The molecule has 0 saturated carbocycles. The maximum Gasteiger partial charge on any atom is 0.265 e. The number of para-hydroxylation sites is 2. The summed E-state index contributed by atoms with van der Waals surface area (Å²) in [5.74, 6) is -0.0114. The topological polar surface area (TPSA) is 59.1 Å². The molecule has 8 heteroatoms. The number of ether oxygens (including phenoxy) is 2. The van der Waals surface area contributed by atoms with Gasteiger partial charge in [0, 0.05) is 18.1 Å². The number of carbonyl (C=O) groups excluding carboxylic acids is 2. The van der Waals surface area contributed by atoms with Gasteiger partial charge in [0.2, 0.25) is 0 Å². The number of morpholine rings is 1. The molecule has 0 radical (unpaired) electrons. The highest BCUT2D eigenvalue weighted by Gasteiger charge is 2.37. The Morgan fingerprint density at radius 2 is 1.79 bits per heavy atom. The number of nitrogens with zero attached hydrogens (tertiary/aromatic N) is 2. The summed E-state index contributed by atoms with van der Waals surface area (Å²) in [6.45, 7) is 2.10. The highest BCUT2D eigenvalue weighted by molar-refractivity contribution is 6.36. The Hall–Kier alpha value is -2.28. The molecular formula is C20H18Cl2N2O4. The standard InChI is InChI=1S/C20H18Cl2N2O4/c21-13-5-6-15(22)14(11-13)19(25)24-12-18(20(26)23-7-9-27-10-8-23)28-17-4-2-1-3-16(17)24/h1-6,11,18H,7-10,12H2/t18-/m1/s1. The summed E-state index contributed by atoms with van der Waals surface area (Å²) in [4.78, 5) is 29.4. The number of hydrogen-bond acceptors (Lipinski definition) is 4. The van der Waals surface area contributed by atoms with E-state index in [9.17, 15) is 9.59 Å². The van der Waals surface area contributed by atoms with Crippen LogP contribution in [0.15, 0.2) is 42.5 Å². The third kappa shape index (κ3) is 3.68. The van der Waals surface area contributed by atoms with Crippen LogP contribution in [0.2, 0.25) is 10.0 Å². The van der Waals surface area contributed by atoms with Gasteiger partial charge in [0.1, 0.15) is 5.75 Å². The zero-order chi connectivity index (χ0) is 19.7. The van der Waals surface area contributed by atoms with Gasteiger partial charge in [0.25, 0.3) is 11.8 Å². The molecule has 2 aromatic carbocycles. The van der Waals surface area contributed by atoms with Crippen molar-refractivity contribution in [1.82, 2.24) is 4.90 Å². The van der Waals surface area contributed by atoms with E-state index in [0.29, 0.717) is 47.8 Å². The molecule has 0 aromatic heterocycles. The Kier molecular flexibility index (Phi) is 5.44. The van der Waals surface area contributed by atoms with Crippen molar-refractivity contribution < 1.29 is 19.1 Å². The average Bonchev–Trinajstić information content (AvgIpc) is 2.74. The molecule has 0 unspecified atom stereocenters. The van der Waals surface area contributed by atoms with Crippen LogP contribution in [0.5, 0.6) is 5.75 Å². The van der Waals surface area contributed by atoms with Gasteiger partial charge in [-0.2, -0.15) is 0 Å². The molecular weight excluding hydrogens is 403 g/mol. The normalized spacial score (nSPS) is 19.0. The summed E-state index contributed by atoms with van der Waals surface area (Å²) in [6.07, 6.45) is -0.796. The van der Waals surface area contributed by atoms with E-state index in [0.717, 1.165) is 0 Å². The number of hydrogen-bond donors (Lipinski definition) is 0. The highest BCUT2D eigenvalue weighted by Crippen LogP contribution is 2.35. The lowest BCUT2D eigenvalue weighted by molar-refractivity contribution is -0.142. The molecule has 2 aliphatic heterocycles. The van der Waals surface area contributed by atoms with Crippen LogP contribution in [0.1, 0.15) is 10.4 Å². The molecule has 6 nitrogen and oxygen atoms in total. The number of fused-ring (bicyclic) bond motifs is 1. The zero-order valence-corrected chi connectivity index (χ0v) is 16.4. The molecule has 2 aromatic rings. The molecule has 1 saturated heterocycles. The van der Waals surface area contributed by atoms with E-state index in [1.807, 2.05) is 6.07 Å². The smallest absolute Gasteiger partial charge is 0.265 e. The van der Waals surface area contributed by atoms with Crippen molar-refractivity contribution in [3.63, 3.8) is 0 Å². The third-order valence-electron chi connectivity index (χ3n) is 4.78. The second-order valence-electron chi connectivity index (χ2n) is 6.55. The average molecular weight is 421 g/mol. The Morgan fingerprint density at radius 1 is 1.04 bits per heavy atom. The minimum Gasteiger partial charge on any atom is -0.476 e. The van der Waals surface area contributed by atoms with E-state index >= 15 is 0 Å². The minimum absolute atomic E-state index is 0.0921. The second-order valence-corrected chi connectivity index (χ2v) is 7.40. The lowest BCUT2D eigenvalue weighted by Crippen LogP contribution is -2.54. The van der Waals surface area contributed by atoms with Crippen molar-refractivity contribution in [2.45, 2.75) is 6.10 Å². The maximum atomic E-state index is 13.3. The van der Waals surface area contributed by atoms with Gasteiger partial charge < -0.3 is 19.3 Å². The van der Waals surface area contributed by atoms with Gasteiger partial charge in [-0.1, -0.05) is 35.3 Å². The van der Waals surface area contributed by atoms with Crippen molar-refractivity contribution >= 4 is 40.7 Å². The molecule has 1 fully saturated rings. The van der Waals surface area contributed by atoms with E-state index in [1.54, 1.807) is 35.2 Å². The molecule has 0 N–H and O–H groups in total. The molecule has 0 aliphatic carbocycles. The summed E-state index contributed by atoms with van der Waals surface area (Å²) in [6, 6.07) is 11.9. The predicted octanol–water partition coefficient (Wildman–Crippen LogP) is 3.26. The monoisotopic (exact) mass is 420 g/mol. The summed E-state index contributed by atoms with van der Waals surface area (Å²) in [7, 11) is 0. The van der Waals surface area contributed by atoms with Gasteiger partial charge >= 0.3 is 0 Å². The second kappa shape index (κ2) is 7.99. The van der Waals surface area contributed by atoms with E-state index in [2.05, 4.69) is 0 Å². The summed E-state index contributed by atoms with van der Waals surface area (Å²) < 4.78 is 11.2. The maximum absolute atomic E-state index is 13.3. The van der Waals surface area contributed by atoms with Crippen molar-refractivity contribution in [1.29, 1.82) is 0 Å². The van der Waals surface area contributed by atoms with Crippen molar-refractivity contribution in [3.8, 4) is 5.75 Å². The van der Waals surface area contributed by atoms with Gasteiger partial charge in [-0.05, 0) is 30.3 Å². The van der Waals surface area contributed by atoms with Gasteiger partial charge in [0.15, 0.2) is 6.10 Å². The quantitative estimate of drug-likeness (QED) is 0.747. The van der Waals surface area contributed by atoms with E-state index in [-0.39, 0.29) is 23.9 Å². The van der Waals surface area contributed by atoms with E-state index in [1.165, 1.54) is 11.0 Å². The molecule has 0 spiro atoms. The van der Waals surface area contributed by atoms with Crippen LogP contribution in [0, 0.1) is 0 Å². The summed E-state index contributed by atoms with van der Waals surface area (Å²) in [5, 5.41) is 0.713. The molecule has 2 amide bonds. The van der Waals surface area contributed by atoms with Crippen LogP contribution in [0.25, 0.3) is 0 Å². The van der Waals surface area contributed by atoms with Crippen LogP contribution in [0.4, 0.5) is 5.69 Å². The Balaban J connectivity index is 1.66. The lowest BCUT2D eigenvalue weighted by Gasteiger charge is -2.37. The largest absolute Gasteiger partial charge is 0.476 e. The fourth-order valence-corrected chi connectivity index (χ4v) is 3.72. The van der Waals surface area contributed by atoms with Crippen molar-refractivity contribution in [3.05, 3.63) is 58.1 Å². The van der Waals surface area contributed by atoms with Gasteiger partial charge in [-0.25, -0.2) is 0 Å². The van der Waals surface area contributed by atoms with Gasteiger partial charge in [0.05, 0.1) is 36.0 Å². The van der Waals surface area contributed by atoms with E-state index < -0.39 is 6.10 Å². The highest BCUT2D eigenvalue weighted by atomic mass is 35.5. The molecule has 2 aliphatic rings. The van der Waals surface area contributed by atoms with Crippen LogP contribution >= 0.6 is 23.2 Å². The first kappa shape index (κ1) is 19.1. The van der Waals surface area contributed by atoms with Crippen molar-refractivity contribution in [2.75, 3.05) is 37.7 Å². The first-order chi connectivity index (χ1) is 13.5. The number of halogens is 2. The van der Waals surface area contributed by atoms with Crippen LogP contribution in [-0.4, -0.2) is 55.7 Å². The SMILES string of the molecule is O=C([C@H]1CN(C(=O)c2cc(Cl)ccc2Cl)c2ccccc2O1)N1CCOCC1. The number of rotatable bonds is 2. The van der Waals surface area contributed by atoms with Crippen LogP contribution < -0.4 is 9.64 Å². The first-order valence-corrected chi connectivity index (χ1v) is 9.69. The van der Waals surface area contributed by atoms with Crippen molar-refractivity contribution in [2.24, 2.45) is 0 Å². The molecule has 28 heavy (non-hydrogen) atoms. The Bertz CT molecular complexity index is 915. The number of anilines is 1. The number of carbonyl (C=O) groups is 2. The molecule has 146 valence electrons. The first-order valence-electron chi connectivity index (χ1n) is 8.94. The van der Waals surface area contributed by atoms with Crippen LogP contribution in [-0.2, 0) is 9.53 Å². The summed E-state index contributed by atoms with van der Waals surface area (Å²) in [5.41, 5.74) is 0.873.